The van der Waals surface area contributed by atoms with Crippen LogP contribution in [0.4, 0.5) is 5.82 Å². The molecule has 0 aliphatic heterocycles. The van der Waals surface area contributed by atoms with Crippen LogP contribution >= 0.6 is 15.9 Å². The van der Waals surface area contributed by atoms with E-state index in [1.807, 2.05) is 26.8 Å². The first kappa shape index (κ1) is 13.7. The summed E-state index contributed by atoms with van der Waals surface area (Å²) in [7, 11) is 0. The van der Waals surface area contributed by atoms with Crippen molar-refractivity contribution in [2.45, 2.75) is 27.3 Å². The molecule has 2 aromatic rings. The van der Waals surface area contributed by atoms with Gasteiger partial charge in [-0.1, -0.05) is 0 Å². The summed E-state index contributed by atoms with van der Waals surface area (Å²) in [6.45, 7) is 6.17. The van der Waals surface area contributed by atoms with Gasteiger partial charge in [-0.05, 0) is 48.3 Å². The van der Waals surface area contributed by atoms with Crippen molar-refractivity contribution in [3.05, 3.63) is 49.7 Å². The van der Waals surface area contributed by atoms with Crippen LogP contribution in [0.15, 0.2) is 21.4 Å². The lowest BCUT2D eigenvalue weighted by atomic mass is 10.2. The molecule has 0 aromatic carbocycles. The molecule has 19 heavy (non-hydrogen) atoms. The van der Waals surface area contributed by atoms with Gasteiger partial charge in [0.25, 0.3) is 0 Å². The predicted molar refractivity (Wildman–Crippen MR) is 78.3 cm³/mol. The van der Waals surface area contributed by atoms with Crippen LogP contribution in [0.1, 0.15) is 22.8 Å². The monoisotopic (exact) mass is 322 g/mol. The molecular formula is C13H15BrN4O. The Morgan fingerprint density at radius 1 is 1.26 bits per heavy atom. The highest BCUT2D eigenvalue weighted by atomic mass is 79.9. The number of nitrogens with zero attached hydrogens (tertiary/aromatic N) is 2. The standard InChI is InChI=1S/C13H15BrN4O/c1-7-4-10(5-11(19)16-7)6-15-13-12(14)8(2)17-9(3)18-13/h4-5H,6H2,1-3H3,(H,16,19)(H,15,17,18). The van der Waals surface area contributed by atoms with Gasteiger partial charge in [-0.2, -0.15) is 0 Å². The van der Waals surface area contributed by atoms with Crippen LogP contribution < -0.4 is 10.9 Å². The lowest BCUT2D eigenvalue weighted by Gasteiger charge is -2.10. The average molecular weight is 323 g/mol. The SMILES string of the molecule is Cc1nc(C)c(Br)c(NCc2cc(C)[nH]c(=O)c2)n1. The highest BCUT2D eigenvalue weighted by molar-refractivity contribution is 9.10. The van der Waals surface area contributed by atoms with Crippen molar-refractivity contribution in [3.63, 3.8) is 0 Å². The van der Waals surface area contributed by atoms with Crippen molar-refractivity contribution >= 4 is 21.7 Å². The van der Waals surface area contributed by atoms with Crippen LogP contribution in [0.2, 0.25) is 0 Å². The van der Waals surface area contributed by atoms with Crippen molar-refractivity contribution < 1.29 is 0 Å². The minimum Gasteiger partial charge on any atom is -0.365 e. The number of H-pyrrole nitrogens is 1. The van der Waals surface area contributed by atoms with Crippen LogP contribution in [-0.4, -0.2) is 15.0 Å². The van der Waals surface area contributed by atoms with Gasteiger partial charge in [0.1, 0.15) is 11.6 Å². The molecule has 0 spiro atoms. The van der Waals surface area contributed by atoms with E-state index >= 15 is 0 Å². The van der Waals surface area contributed by atoms with E-state index in [1.165, 1.54) is 0 Å². The van der Waals surface area contributed by atoms with Gasteiger partial charge in [0.2, 0.25) is 5.56 Å². The van der Waals surface area contributed by atoms with Crippen LogP contribution in [0.25, 0.3) is 0 Å². The average Bonchev–Trinajstić information content (AvgIpc) is 2.30. The van der Waals surface area contributed by atoms with Crippen molar-refractivity contribution in [3.8, 4) is 0 Å². The van der Waals surface area contributed by atoms with Gasteiger partial charge in [0.15, 0.2) is 0 Å². The third-order valence-electron chi connectivity index (χ3n) is 2.63. The second kappa shape index (κ2) is 5.52. The first-order chi connectivity index (χ1) is 8.95. The molecule has 0 atom stereocenters. The van der Waals surface area contributed by atoms with Crippen molar-refractivity contribution in [1.82, 2.24) is 15.0 Å². The van der Waals surface area contributed by atoms with E-state index in [0.717, 1.165) is 27.2 Å². The smallest absolute Gasteiger partial charge is 0.248 e. The Morgan fingerprint density at radius 2 is 2.00 bits per heavy atom. The van der Waals surface area contributed by atoms with Gasteiger partial charge in [-0.3, -0.25) is 4.79 Å². The molecule has 2 aromatic heterocycles. The Kier molecular flexibility index (Phi) is 3.99. The number of nitrogens with one attached hydrogen (secondary N) is 2. The minimum atomic E-state index is -0.0917. The lowest BCUT2D eigenvalue weighted by molar-refractivity contribution is 0.975. The van der Waals surface area contributed by atoms with Crippen molar-refractivity contribution in [1.29, 1.82) is 0 Å². The van der Waals surface area contributed by atoms with Gasteiger partial charge >= 0.3 is 0 Å². The molecule has 0 unspecified atom stereocenters. The summed E-state index contributed by atoms with van der Waals surface area (Å²) in [6, 6.07) is 3.51. The quantitative estimate of drug-likeness (QED) is 0.910. The number of aryl methyl sites for hydroxylation is 3. The van der Waals surface area contributed by atoms with Gasteiger partial charge in [0.05, 0.1) is 10.2 Å². The molecule has 100 valence electrons. The summed E-state index contributed by atoms with van der Waals surface area (Å²) >= 11 is 3.46. The number of pyridine rings is 1. The fourth-order valence-electron chi connectivity index (χ4n) is 1.86. The van der Waals surface area contributed by atoms with Crippen LogP contribution in [0.5, 0.6) is 0 Å². The molecule has 0 radical (unpaired) electrons. The fourth-order valence-corrected chi connectivity index (χ4v) is 2.18. The summed E-state index contributed by atoms with van der Waals surface area (Å²) in [5.74, 6) is 1.45. The maximum atomic E-state index is 11.4. The Hall–Kier alpha value is -1.69. The Bertz CT molecular complexity index is 666. The van der Waals surface area contributed by atoms with Crippen LogP contribution in [-0.2, 0) is 6.54 Å². The summed E-state index contributed by atoms with van der Waals surface area (Å²) in [5, 5.41) is 3.21. The lowest BCUT2D eigenvalue weighted by Crippen LogP contribution is -2.11. The Morgan fingerprint density at radius 3 is 2.68 bits per heavy atom. The fraction of sp³-hybridized carbons (Fsp3) is 0.308. The normalized spacial score (nSPS) is 10.5. The van der Waals surface area contributed by atoms with E-state index in [4.69, 9.17) is 0 Å². The zero-order chi connectivity index (χ0) is 14.0. The largest absolute Gasteiger partial charge is 0.365 e. The summed E-state index contributed by atoms with van der Waals surface area (Å²) in [5.41, 5.74) is 2.56. The first-order valence-corrected chi connectivity index (χ1v) is 6.69. The number of hydrogen-bond donors (Lipinski definition) is 2. The first-order valence-electron chi connectivity index (χ1n) is 5.90. The maximum Gasteiger partial charge on any atom is 0.248 e. The molecule has 2 rings (SSSR count). The highest BCUT2D eigenvalue weighted by Gasteiger charge is 2.07. The number of aromatic amines is 1. The van der Waals surface area contributed by atoms with Gasteiger partial charge < -0.3 is 10.3 Å². The molecule has 2 N–H and O–H groups in total. The topological polar surface area (TPSA) is 70.7 Å². The third-order valence-corrected chi connectivity index (χ3v) is 3.58. The number of aromatic nitrogens is 3. The van der Waals surface area contributed by atoms with E-state index in [9.17, 15) is 4.79 Å². The molecule has 2 heterocycles. The second-order valence-corrected chi connectivity index (χ2v) is 5.20. The molecule has 0 aliphatic rings. The van der Waals surface area contributed by atoms with Crippen molar-refractivity contribution in [2.24, 2.45) is 0 Å². The molecule has 0 fully saturated rings. The summed E-state index contributed by atoms with van der Waals surface area (Å²) < 4.78 is 0.847. The van der Waals surface area contributed by atoms with E-state index in [0.29, 0.717) is 12.4 Å². The van der Waals surface area contributed by atoms with Crippen LogP contribution in [0.3, 0.4) is 0 Å². The number of halogens is 1. The molecule has 0 aliphatic carbocycles. The third kappa shape index (κ3) is 3.41. The highest BCUT2D eigenvalue weighted by Crippen LogP contribution is 2.23. The van der Waals surface area contributed by atoms with Gasteiger partial charge in [0, 0.05) is 18.3 Å². The van der Waals surface area contributed by atoms with Crippen LogP contribution in [0, 0.1) is 20.8 Å². The second-order valence-electron chi connectivity index (χ2n) is 4.41. The van der Waals surface area contributed by atoms with E-state index in [1.54, 1.807) is 6.07 Å². The van der Waals surface area contributed by atoms with Gasteiger partial charge in [-0.15, -0.1) is 0 Å². The predicted octanol–water partition coefficient (Wildman–Crippen LogP) is 2.46. The zero-order valence-corrected chi connectivity index (χ0v) is 12.6. The molecule has 6 heteroatoms. The number of anilines is 1. The summed E-state index contributed by atoms with van der Waals surface area (Å²) in [4.78, 5) is 22.7. The zero-order valence-electron chi connectivity index (χ0n) is 11.0. The summed E-state index contributed by atoms with van der Waals surface area (Å²) in [6.07, 6.45) is 0. The minimum absolute atomic E-state index is 0.0917. The Balaban J connectivity index is 2.21. The Labute approximate surface area is 119 Å². The molecule has 0 amide bonds. The van der Waals surface area contributed by atoms with Gasteiger partial charge in [-0.25, -0.2) is 9.97 Å². The number of hydrogen-bond acceptors (Lipinski definition) is 4. The molecule has 0 bridgehead atoms. The molecule has 5 nitrogen and oxygen atoms in total. The van der Waals surface area contributed by atoms with E-state index in [-0.39, 0.29) is 5.56 Å². The number of rotatable bonds is 3. The van der Waals surface area contributed by atoms with Crippen molar-refractivity contribution in [2.75, 3.05) is 5.32 Å². The molecule has 0 saturated heterocycles. The molecule has 0 saturated carbocycles. The van der Waals surface area contributed by atoms with E-state index < -0.39 is 0 Å². The van der Waals surface area contributed by atoms with E-state index in [2.05, 4.69) is 36.2 Å². The maximum absolute atomic E-state index is 11.4. The molecular weight excluding hydrogens is 308 g/mol.